The van der Waals surface area contributed by atoms with Gasteiger partial charge in [0.05, 0.1) is 11.8 Å². The van der Waals surface area contributed by atoms with Gasteiger partial charge in [0.2, 0.25) is 0 Å². The van der Waals surface area contributed by atoms with Crippen LogP contribution in [0.2, 0.25) is 0 Å². The van der Waals surface area contributed by atoms with E-state index in [1.165, 1.54) is 5.56 Å². The zero-order valence-corrected chi connectivity index (χ0v) is 15.7. The van der Waals surface area contributed by atoms with E-state index < -0.39 is 5.97 Å². The Hall–Kier alpha value is -2.73. The van der Waals surface area contributed by atoms with Crippen molar-refractivity contribution in [2.24, 2.45) is 0 Å². The van der Waals surface area contributed by atoms with Crippen molar-refractivity contribution in [2.45, 2.75) is 39.2 Å². The van der Waals surface area contributed by atoms with Crippen LogP contribution in [-0.4, -0.2) is 43.7 Å². The predicted molar refractivity (Wildman–Crippen MR) is 103 cm³/mol. The quantitative estimate of drug-likeness (QED) is 0.768. The second-order valence-corrected chi connectivity index (χ2v) is 7.45. The number of hydrogen-bond donors (Lipinski definition) is 1. The zero-order chi connectivity index (χ0) is 19.0. The van der Waals surface area contributed by atoms with Gasteiger partial charge in [0.25, 0.3) is 0 Å². The van der Waals surface area contributed by atoms with Gasteiger partial charge in [0, 0.05) is 30.0 Å². The second-order valence-electron chi connectivity index (χ2n) is 7.45. The summed E-state index contributed by atoms with van der Waals surface area (Å²) in [5, 5.41) is 13.6. The molecule has 27 heavy (non-hydrogen) atoms. The molecule has 1 atom stereocenters. The number of hydrogen-bond acceptors (Lipinski definition) is 4. The van der Waals surface area contributed by atoms with Crippen LogP contribution in [0.3, 0.4) is 0 Å². The number of carboxylic acid groups (broad SMARTS) is 1. The highest BCUT2D eigenvalue weighted by molar-refractivity contribution is 5.87. The first-order valence-electron chi connectivity index (χ1n) is 9.38. The highest BCUT2D eigenvalue weighted by atomic mass is 16.4. The lowest BCUT2D eigenvalue weighted by Gasteiger charge is -2.32. The van der Waals surface area contributed by atoms with Crippen LogP contribution < -0.4 is 0 Å². The Labute approximate surface area is 158 Å². The molecule has 1 fully saturated rings. The molecule has 6 nitrogen and oxygen atoms in total. The number of fused-ring (bicyclic) bond motifs is 1. The van der Waals surface area contributed by atoms with Gasteiger partial charge in [-0.25, -0.2) is 14.3 Å². The SMILES string of the molecule is Cc1cc(C)n2ncc(CN3CCC[C@@H](c4ccc(C(=O)O)cc4)C3)c2n1. The van der Waals surface area contributed by atoms with E-state index in [-0.39, 0.29) is 0 Å². The Morgan fingerprint density at radius 1 is 1.26 bits per heavy atom. The third kappa shape index (κ3) is 3.57. The fraction of sp³-hybridized carbons (Fsp3) is 0.381. The van der Waals surface area contributed by atoms with Crippen molar-refractivity contribution < 1.29 is 9.90 Å². The van der Waals surface area contributed by atoms with Crippen molar-refractivity contribution in [3.8, 4) is 0 Å². The number of nitrogens with zero attached hydrogens (tertiary/aromatic N) is 4. The van der Waals surface area contributed by atoms with Gasteiger partial charge in [-0.3, -0.25) is 4.90 Å². The summed E-state index contributed by atoms with van der Waals surface area (Å²) in [7, 11) is 0. The molecule has 0 saturated carbocycles. The van der Waals surface area contributed by atoms with Crippen LogP contribution in [0.1, 0.15) is 51.6 Å². The van der Waals surface area contributed by atoms with Crippen LogP contribution in [0.4, 0.5) is 0 Å². The molecule has 140 valence electrons. The minimum absolute atomic E-state index is 0.342. The number of benzene rings is 1. The summed E-state index contributed by atoms with van der Waals surface area (Å²) in [6, 6.07) is 9.37. The number of carbonyl (C=O) groups is 1. The van der Waals surface area contributed by atoms with Crippen LogP contribution in [-0.2, 0) is 6.54 Å². The monoisotopic (exact) mass is 364 g/mol. The standard InChI is InChI=1S/C21H24N4O2/c1-14-10-15(2)25-20(23-14)19(11-22-25)13-24-9-3-4-18(12-24)16-5-7-17(8-6-16)21(26)27/h5-8,10-11,18H,3-4,9,12-13H2,1-2H3,(H,26,27)/t18-/m1/s1. The van der Waals surface area contributed by atoms with E-state index in [2.05, 4.69) is 21.9 Å². The van der Waals surface area contributed by atoms with Gasteiger partial charge in [0.15, 0.2) is 5.65 Å². The lowest BCUT2D eigenvalue weighted by Crippen LogP contribution is -2.33. The van der Waals surface area contributed by atoms with Crippen LogP contribution >= 0.6 is 0 Å². The summed E-state index contributed by atoms with van der Waals surface area (Å²) in [5.41, 5.74) is 5.77. The van der Waals surface area contributed by atoms with Crippen molar-refractivity contribution in [3.05, 3.63) is 64.6 Å². The third-order valence-electron chi connectivity index (χ3n) is 5.38. The molecule has 0 unspecified atom stereocenters. The van der Waals surface area contributed by atoms with Crippen molar-refractivity contribution >= 4 is 11.6 Å². The van der Waals surface area contributed by atoms with Crippen molar-refractivity contribution in [3.63, 3.8) is 0 Å². The molecule has 1 saturated heterocycles. The fourth-order valence-electron chi connectivity index (χ4n) is 4.04. The van der Waals surface area contributed by atoms with Crippen LogP contribution in [0.25, 0.3) is 5.65 Å². The molecule has 0 bridgehead atoms. The molecule has 3 aromatic rings. The first-order valence-corrected chi connectivity index (χ1v) is 9.38. The topological polar surface area (TPSA) is 70.7 Å². The summed E-state index contributed by atoms with van der Waals surface area (Å²) in [6.45, 7) is 6.93. The molecule has 1 N–H and O–H groups in total. The number of aromatic carboxylic acids is 1. The summed E-state index contributed by atoms with van der Waals surface area (Å²) in [4.78, 5) is 18.2. The first kappa shape index (κ1) is 17.7. The third-order valence-corrected chi connectivity index (χ3v) is 5.38. The summed E-state index contributed by atoms with van der Waals surface area (Å²) in [5.74, 6) is -0.446. The predicted octanol–water partition coefficient (Wildman–Crippen LogP) is 3.42. The number of aryl methyl sites for hydroxylation is 2. The van der Waals surface area contributed by atoms with E-state index in [9.17, 15) is 4.79 Å². The molecule has 1 aromatic carbocycles. The maximum absolute atomic E-state index is 11.1. The molecule has 3 heterocycles. The van der Waals surface area contributed by atoms with Gasteiger partial charge >= 0.3 is 5.97 Å². The van der Waals surface area contributed by atoms with E-state index >= 15 is 0 Å². The van der Waals surface area contributed by atoms with Gasteiger partial charge < -0.3 is 5.11 Å². The molecule has 1 aliphatic rings. The lowest BCUT2D eigenvalue weighted by molar-refractivity contribution is 0.0697. The second kappa shape index (κ2) is 7.12. The molecular formula is C21H24N4O2. The molecular weight excluding hydrogens is 340 g/mol. The Morgan fingerprint density at radius 3 is 2.78 bits per heavy atom. The van der Waals surface area contributed by atoms with Crippen LogP contribution in [0, 0.1) is 13.8 Å². The van der Waals surface area contributed by atoms with Gasteiger partial charge in [-0.2, -0.15) is 5.10 Å². The Morgan fingerprint density at radius 2 is 2.04 bits per heavy atom. The van der Waals surface area contributed by atoms with Gasteiger partial charge in [-0.15, -0.1) is 0 Å². The van der Waals surface area contributed by atoms with Gasteiger partial charge in [-0.05, 0) is 62.9 Å². The summed E-state index contributed by atoms with van der Waals surface area (Å²) >= 11 is 0. The Balaban J connectivity index is 1.51. The molecule has 0 radical (unpaired) electrons. The highest BCUT2D eigenvalue weighted by Crippen LogP contribution is 2.28. The molecule has 2 aromatic heterocycles. The van der Waals surface area contributed by atoms with Gasteiger partial charge in [-0.1, -0.05) is 12.1 Å². The minimum atomic E-state index is -0.877. The van der Waals surface area contributed by atoms with Crippen molar-refractivity contribution in [2.75, 3.05) is 13.1 Å². The molecule has 6 heteroatoms. The normalized spacial score (nSPS) is 18.1. The van der Waals surface area contributed by atoms with E-state index in [4.69, 9.17) is 5.11 Å². The summed E-state index contributed by atoms with van der Waals surface area (Å²) in [6.07, 6.45) is 4.20. The van der Waals surface area contributed by atoms with E-state index in [1.54, 1.807) is 12.1 Å². The minimum Gasteiger partial charge on any atom is -0.478 e. The van der Waals surface area contributed by atoms with Crippen LogP contribution in [0.5, 0.6) is 0 Å². The fourth-order valence-corrected chi connectivity index (χ4v) is 4.04. The first-order chi connectivity index (χ1) is 13.0. The average molecular weight is 364 g/mol. The Bertz CT molecular complexity index is 978. The molecule has 0 amide bonds. The molecule has 0 spiro atoms. The van der Waals surface area contributed by atoms with Crippen molar-refractivity contribution in [1.82, 2.24) is 19.5 Å². The molecule has 1 aliphatic heterocycles. The Kier molecular flexibility index (Phi) is 4.66. The number of likely N-dealkylation sites (tertiary alicyclic amines) is 1. The average Bonchev–Trinajstić information content (AvgIpc) is 3.05. The van der Waals surface area contributed by atoms with Crippen molar-refractivity contribution in [1.29, 1.82) is 0 Å². The van der Waals surface area contributed by atoms with E-state index in [0.717, 1.165) is 55.1 Å². The number of rotatable bonds is 4. The van der Waals surface area contributed by atoms with E-state index in [1.807, 2.05) is 35.8 Å². The highest BCUT2D eigenvalue weighted by Gasteiger charge is 2.23. The zero-order valence-electron chi connectivity index (χ0n) is 15.7. The summed E-state index contributed by atoms with van der Waals surface area (Å²) < 4.78 is 1.91. The maximum atomic E-state index is 11.1. The number of carboxylic acids is 1. The molecule has 4 rings (SSSR count). The smallest absolute Gasteiger partial charge is 0.335 e. The number of aromatic nitrogens is 3. The maximum Gasteiger partial charge on any atom is 0.335 e. The lowest BCUT2D eigenvalue weighted by atomic mass is 9.90. The van der Waals surface area contributed by atoms with E-state index in [0.29, 0.717) is 11.5 Å². The van der Waals surface area contributed by atoms with Gasteiger partial charge in [0.1, 0.15) is 0 Å². The molecule has 0 aliphatic carbocycles. The number of piperidine rings is 1. The largest absolute Gasteiger partial charge is 0.478 e. The van der Waals surface area contributed by atoms with Crippen LogP contribution in [0.15, 0.2) is 36.5 Å².